The molecule has 0 fully saturated rings. The quantitative estimate of drug-likeness (QED) is 0.365. The SMILES string of the molecule is O=C(Nc1ccc([N+](=O)[O-])c(Cl)c1)c1ccc(C(=O)Nc2ccc([N+](=O)[O-])c(Cl)c2)cc1. The number of nitrogens with one attached hydrogen (secondary N) is 2. The molecule has 0 aliphatic heterocycles. The lowest BCUT2D eigenvalue weighted by Gasteiger charge is -2.08. The highest BCUT2D eigenvalue weighted by molar-refractivity contribution is 6.33. The zero-order valence-corrected chi connectivity index (χ0v) is 17.4. The largest absolute Gasteiger partial charge is 0.322 e. The Morgan fingerprint density at radius 1 is 0.656 bits per heavy atom. The second-order valence-electron chi connectivity index (χ2n) is 6.33. The zero-order chi connectivity index (χ0) is 23.4. The molecule has 12 heteroatoms. The van der Waals surface area contributed by atoms with E-state index in [2.05, 4.69) is 10.6 Å². The molecule has 2 amide bonds. The molecule has 0 spiro atoms. The maximum atomic E-state index is 12.4. The van der Waals surface area contributed by atoms with Crippen molar-refractivity contribution >= 4 is 57.8 Å². The van der Waals surface area contributed by atoms with E-state index in [1.807, 2.05) is 0 Å². The minimum Gasteiger partial charge on any atom is -0.322 e. The van der Waals surface area contributed by atoms with E-state index in [4.69, 9.17) is 23.2 Å². The standard InChI is InChI=1S/C20H12Cl2N4O6/c21-15-9-13(5-7-17(15)25(29)30)23-19(27)11-1-2-12(4-3-11)20(28)24-14-6-8-18(26(31)32)16(22)10-14/h1-10H,(H,23,27)(H,24,28). The van der Waals surface area contributed by atoms with Crippen LogP contribution in [-0.4, -0.2) is 21.7 Å². The summed E-state index contributed by atoms with van der Waals surface area (Å²) in [5.41, 5.74) is 0.428. The number of amides is 2. The fraction of sp³-hybridized carbons (Fsp3) is 0. The number of halogens is 2. The number of hydrogen-bond donors (Lipinski definition) is 2. The van der Waals surface area contributed by atoms with Gasteiger partial charge in [-0.3, -0.25) is 29.8 Å². The first-order chi connectivity index (χ1) is 15.2. The van der Waals surface area contributed by atoms with Gasteiger partial charge in [0.2, 0.25) is 0 Å². The minimum atomic E-state index is -0.637. The Kier molecular flexibility index (Phi) is 6.67. The summed E-state index contributed by atoms with van der Waals surface area (Å²) in [5.74, 6) is -1.02. The highest BCUT2D eigenvalue weighted by atomic mass is 35.5. The molecule has 2 N–H and O–H groups in total. The molecular weight excluding hydrogens is 463 g/mol. The van der Waals surface area contributed by atoms with Crippen molar-refractivity contribution in [3.63, 3.8) is 0 Å². The van der Waals surface area contributed by atoms with E-state index in [-0.39, 0.29) is 43.9 Å². The minimum absolute atomic E-state index is 0.119. The molecule has 3 rings (SSSR count). The van der Waals surface area contributed by atoms with Crippen LogP contribution < -0.4 is 10.6 Å². The topological polar surface area (TPSA) is 144 Å². The second-order valence-corrected chi connectivity index (χ2v) is 7.15. The molecule has 162 valence electrons. The fourth-order valence-electron chi connectivity index (χ4n) is 2.64. The molecule has 0 saturated carbocycles. The van der Waals surface area contributed by atoms with Crippen LogP contribution in [0.1, 0.15) is 20.7 Å². The van der Waals surface area contributed by atoms with E-state index < -0.39 is 21.7 Å². The predicted molar refractivity (Wildman–Crippen MR) is 119 cm³/mol. The molecule has 0 aliphatic rings. The summed E-state index contributed by atoms with van der Waals surface area (Å²) >= 11 is 11.7. The smallest absolute Gasteiger partial charge is 0.288 e. The molecular formula is C20H12Cl2N4O6. The van der Waals surface area contributed by atoms with Gasteiger partial charge in [0.15, 0.2) is 0 Å². The number of anilines is 2. The van der Waals surface area contributed by atoms with Gasteiger partial charge in [0.05, 0.1) is 9.85 Å². The van der Waals surface area contributed by atoms with Crippen molar-refractivity contribution < 1.29 is 19.4 Å². The number of hydrogen-bond acceptors (Lipinski definition) is 6. The average Bonchev–Trinajstić information content (AvgIpc) is 2.73. The zero-order valence-electron chi connectivity index (χ0n) is 15.9. The van der Waals surface area contributed by atoms with Crippen LogP contribution in [0.2, 0.25) is 10.0 Å². The van der Waals surface area contributed by atoms with Crippen LogP contribution in [0.3, 0.4) is 0 Å². The molecule has 0 saturated heterocycles. The third-order valence-corrected chi connectivity index (χ3v) is 4.82. The number of carbonyl (C=O) groups is 2. The normalized spacial score (nSPS) is 10.3. The third-order valence-electron chi connectivity index (χ3n) is 4.21. The van der Waals surface area contributed by atoms with Crippen LogP contribution in [-0.2, 0) is 0 Å². The van der Waals surface area contributed by atoms with Crippen molar-refractivity contribution in [3.05, 3.63) is 102 Å². The molecule has 32 heavy (non-hydrogen) atoms. The first kappa shape index (κ1) is 22.7. The molecule has 0 atom stereocenters. The first-order valence-electron chi connectivity index (χ1n) is 8.76. The van der Waals surface area contributed by atoms with Crippen molar-refractivity contribution in [2.24, 2.45) is 0 Å². The van der Waals surface area contributed by atoms with Crippen molar-refractivity contribution in [1.29, 1.82) is 0 Å². The van der Waals surface area contributed by atoms with E-state index in [9.17, 15) is 29.8 Å². The number of rotatable bonds is 6. The summed E-state index contributed by atoms with van der Waals surface area (Å²) in [6.45, 7) is 0. The summed E-state index contributed by atoms with van der Waals surface area (Å²) in [6.07, 6.45) is 0. The van der Waals surface area contributed by atoms with Gasteiger partial charge < -0.3 is 10.6 Å². The van der Waals surface area contributed by atoms with Crippen molar-refractivity contribution in [3.8, 4) is 0 Å². The molecule has 0 unspecified atom stereocenters. The number of nitro groups is 2. The number of carbonyl (C=O) groups excluding carboxylic acids is 2. The van der Waals surface area contributed by atoms with Gasteiger partial charge in [-0.1, -0.05) is 23.2 Å². The number of nitrogens with zero attached hydrogens (tertiary/aromatic N) is 2. The Bertz CT molecular complexity index is 1150. The Labute approximate surface area is 190 Å². The van der Waals surface area contributed by atoms with E-state index in [1.165, 1.54) is 60.7 Å². The maximum absolute atomic E-state index is 12.4. The Hall–Kier alpha value is -4.02. The van der Waals surface area contributed by atoms with Crippen LogP contribution in [0.15, 0.2) is 60.7 Å². The predicted octanol–water partition coefficient (Wildman–Crippen LogP) is 5.31. The van der Waals surface area contributed by atoms with E-state index >= 15 is 0 Å². The van der Waals surface area contributed by atoms with Crippen molar-refractivity contribution in [2.45, 2.75) is 0 Å². The molecule has 0 aliphatic carbocycles. The number of nitro benzene ring substituents is 2. The summed E-state index contributed by atoms with van der Waals surface area (Å²) in [5, 5.41) is 26.5. The van der Waals surface area contributed by atoms with Crippen molar-refractivity contribution in [2.75, 3.05) is 10.6 Å². The Morgan fingerprint density at radius 3 is 1.28 bits per heavy atom. The van der Waals surface area contributed by atoms with E-state index in [0.29, 0.717) is 0 Å². The van der Waals surface area contributed by atoms with Crippen LogP contribution in [0.4, 0.5) is 22.7 Å². The highest BCUT2D eigenvalue weighted by Gasteiger charge is 2.16. The lowest BCUT2D eigenvalue weighted by molar-refractivity contribution is -0.384. The van der Waals surface area contributed by atoms with E-state index in [0.717, 1.165) is 0 Å². The van der Waals surface area contributed by atoms with Crippen LogP contribution in [0.5, 0.6) is 0 Å². The van der Waals surface area contributed by atoms with E-state index in [1.54, 1.807) is 0 Å². The van der Waals surface area contributed by atoms with Crippen LogP contribution in [0, 0.1) is 20.2 Å². The van der Waals surface area contributed by atoms with Gasteiger partial charge in [-0.25, -0.2) is 0 Å². The fourth-order valence-corrected chi connectivity index (χ4v) is 3.14. The molecule has 0 heterocycles. The van der Waals surface area contributed by atoms with Gasteiger partial charge in [-0.15, -0.1) is 0 Å². The van der Waals surface area contributed by atoms with Crippen LogP contribution in [0.25, 0.3) is 0 Å². The third kappa shape index (κ3) is 5.17. The van der Waals surface area contributed by atoms with Gasteiger partial charge in [0.1, 0.15) is 10.0 Å². The molecule has 0 radical (unpaired) electrons. The van der Waals surface area contributed by atoms with Crippen LogP contribution >= 0.6 is 23.2 Å². The molecule has 0 bridgehead atoms. The molecule has 0 aromatic heterocycles. The monoisotopic (exact) mass is 474 g/mol. The lowest BCUT2D eigenvalue weighted by Crippen LogP contribution is -2.14. The molecule has 3 aromatic rings. The van der Waals surface area contributed by atoms with Crippen molar-refractivity contribution in [1.82, 2.24) is 0 Å². The summed E-state index contributed by atoms with van der Waals surface area (Å²) in [4.78, 5) is 45.1. The molecule has 10 nitrogen and oxygen atoms in total. The highest BCUT2D eigenvalue weighted by Crippen LogP contribution is 2.28. The summed E-state index contributed by atoms with van der Waals surface area (Å²) < 4.78 is 0. The average molecular weight is 475 g/mol. The molecule has 3 aromatic carbocycles. The maximum Gasteiger partial charge on any atom is 0.288 e. The Morgan fingerprint density at radius 2 is 1.00 bits per heavy atom. The summed E-state index contributed by atoms with van der Waals surface area (Å²) in [7, 11) is 0. The summed E-state index contributed by atoms with van der Waals surface area (Å²) in [6, 6.07) is 13.2. The van der Waals surface area contributed by atoms with Gasteiger partial charge >= 0.3 is 0 Å². The number of benzene rings is 3. The van der Waals surface area contributed by atoms with Gasteiger partial charge in [0, 0.05) is 34.6 Å². The first-order valence-corrected chi connectivity index (χ1v) is 9.52. The Balaban J connectivity index is 1.67. The lowest BCUT2D eigenvalue weighted by atomic mass is 10.1. The van der Waals surface area contributed by atoms with Gasteiger partial charge in [0.25, 0.3) is 23.2 Å². The van der Waals surface area contributed by atoms with Gasteiger partial charge in [-0.2, -0.15) is 0 Å². The van der Waals surface area contributed by atoms with Gasteiger partial charge in [-0.05, 0) is 48.5 Å². The second kappa shape index (κ2) is 9.41.